The topological polar surface area (TPSA) is 75.8 Å². The minimum atomic E-state index is -3.53. The van der Waals surface area contributed by atoms with E-state index in [1.807, 2.05) is 32.0 Å². The monoisotopic (exact) mass is 427 g/mol. The van der Waals surface area contributed by atoms with Gasteiger partial charge in [0.15, 0.2) is 0 Å². The van der Waals surface area contributed by atoms with Crippen LogP contribution in [0.25, 0.3) is 0 Å². The number of carbonyl (C=O) groups is 1. The molecule has 0 saturated carbocycles. The summed E-state index contributed by atoms with van der Waals surface area (Å²) in [6, 6.07) is 14.1. The molecule has 30 heavy (non-hydrogen) atoms. The molecule has 0 unspecified atom stereocenters. The highest BCUT2D eigenvalue weighted by Gasteiger charge is 2.31. The Kier molecular flexibility index (Phi) is 5.53. The van der Waals surface area contributed by atoms with Crippen LogP contribution in [0, 0.1) is 13.8 Å². The number of furan rings is 1. The summed E-state index contributed by atoms with van der Waals surface area (Å²) in [5, 5.41) is 0. The number of nitrogens with zero attached hydrogens (tertiary/aromatic N) is 3. The molecule has 1 aliphatic rings. The molecule has 158 valence electrons. The molecule has 8 heteroatoms. The zero-order valence-electron chi connectivity index (χ0n) is 17.1. The Morgan fingerprint density at radius 3 is 2.33 bits per heavy atom. The van der Waals surface area contributed by atoms with E-state index in [1.54, 1.807) is 41.5 Å². The van der Waals surface area contributed by atoms with E-state index in [0.717, 1.165) is 17.1 Å². The lowest BCUT2D eigenvalue weighted by atomic mass is 10.2. The van der Waals surface area contributed by atoms with Gasteiger partial charge in [-0.2, -0.15) is 4.31 Å². The minimum absolute atomic E-state index is 0.0643. The molecule has 0 radical (unpaired) electrons. The summed E-state index contributed by atoms with van der Waals surface area (Å²) in [6.45, 7) is 5.78. The summed E-state index contributed by atoms with van der Waals surface area (Å²) in [5.41, 5.74) is 2.52. The fourth-order valence-electron chi connectivity index (χ4n) is 3.86. The average molecular weight is 428 g/mol. The van der Waals surface area contributed by atoms with Crippen molar-refractivity contribution >= 4 is 15.9 Å². The van der Waals surface area contributed by atoms with Gasteiger partial charge in [-0.1, -0.05) is 18.2 Å². The van der Waals surface area contributed by atoms with E-state index in [9.17, 15) is 13.2 Å². The number of aromatic nitrogens is 1. The number of sulfonamides is 1. The Hall–Kier alpha value is -2.84. The largest absolute Gasteiger partial charge is 0.467 e. The number of aryl methyl sites for hydroxylation is 1. The van der Waals surface area contributed by atoms with E-state index in [4.69, 9.17) is 4.42 Å². The predicted octanol–water partition coefficient (Wildman–Crippen LogP) is 2.89. The number of piperazine rings is 1. The normalized spacial score (nSPS) is 15.5. The molecule has 7 nitrogen and oxygen atoms in total. The molecule has 1 aromatic carbocycles. The van der Waals surface area contributed by atoms with Gasteiger partial charge >= 0.3 is 0 Å². The van der Waals surface area contributed by atoms with Crippen LogP contribution in [0.2, 0.25) is 0 Å². The van der Waals surface area contributed by atoms with E-state index < -0.39 is 10.0 Å². The number of rotatable bonds is 5. The Bertz CT molecular complexity index is 1130. The molecule has 4 rings (SSSR count). The highest BCUT2D eigenvalue weighted by atomic mass is 32.2. The van der Waals surface area contributed by atoms with E-state index in [2.05, 4.69) is 4.57 Å². The minimum Gasteiger partial charge on any atom is -0.467 e. The molecule has 0 bridgehead atoms. The summed E-state index contributed by atoms with van der Waals surface area (Å²) < 4.78 is 34.5. The molecule has 0 spiro atoms. The van der Waals surface area contributed by atoms with Crippen molar-refractivity contribution in [3.8, 4) is 0 Å². The lowest BCUT2D eigenvalue weighted by Crippen LogP contribution is -2.50. The van der Waals surface area contributed by atoms with Crippen molar-refractivity contribution in [3.05, 3.63) is 77.5 Å². The third-order valence-electron chi connectivity index (χ3n) is 5.60. The van der Waals surface area contributed by atoms with Gasteiger partial charge in [-0.25, -0.2) is 8.42 Å². The van der Waals surface area contributed by atoms with E-state index >= 15 is 0 Å². The quantitative estimate of drug-likeness (QED) is 0.627. The van der Waals surface area contributed by atoms with Gasteiger partial charge < -0.3 is 13.9 Å². The molecule has 0 N–H and O–H groups in total. The highest BCUT2D eigenvalue weighted by Crippen LogP contribution is 2.22. The highest BCUT2D eigenvalue weighted by molar-refractivity contribution is 7.89. The van der Waals surface area contributed by atoms with Crippen LogP contribution in [0.15, 0.2) is 64.1 Å². The van der Waals surface area contributed by atoms with Crippen LogP contribution in [-0.4, -0.2) is 54.3 Å². The van der Waals surface area contributed by atoms with Gasteiger partial charge in [0, 0.05) is 37.6 Å². The molecule has 2 aromatic heterocycles. The summed E-state index contributed by atoms with van der Waals surface area (Å²) in [6.07, 6.45) is 1.64. The van der Waals surface area contributed by atoms with Crippen LogP contribution in [0.1, 0.15) is 27.5 Å². The lowest BCUT2D eigenvalue weighted by Gasteiger charge is -2.34. The van der Waals surface area contributed by atoms with Crippen molar-refractivity contribution in [3.63, 3.8) is 0 Å². The zero-order valence-corrected chi connectivity index (χ0v) is 17.9. The Morgan fingerprint density at radius 2 is 1.70 bits per heavy atom. The van der Waals surface area contributed by atoms with Crippen LogP contribution >= 0.6 is 0 Å². The SMILES string of the molecule is Cc1cc(C(=O)N2CCN(S(=O)(=O)c3ccccc3)CC2)c(C)n1Cc1ccco1. The standard InChI is InChI=1S/C22H25N3O4S/c1-17-15-21(18(2)25(17)16-19-7-6-14-29-19)22(26)23-10-12-24(13-11-23)30(27,28)20-8-4-3-5-9-20/h3-9,14-15H,10-13,16H2,1-2H3. The molecular formula is C22H25N3O4S. The third-order valence-corrected chi connectivity index (χ3v) is 7.52. The van der Waals surface area contributed by atoms with Gasteiger partial charge in [0.05, 0.1) is 23.3 Å². The van der Waals surface area contributed by atoms with E-state index in [-0.39, 0.29) is 23.9 Å². The summed E-state index contributed by atoms with van der Waals surface area (Å²) >= 11 is 0. The molecule has 1 saturated heterocycles. The van der Waals surface area contributed by atoms with Crippen LogP contribution in [0.5, 0.6) is 0 Å². The predicted molar refractivity (Wildman–Crippen MR) is 113 cm³/mol. The third kappa shape index (κ3) is 3.80. The first-order valence-corrected chi connectivity index (χ1v) is 11.4. The summed E-state index contributed by atoms with van der Waals surface area (Å²) in [4.78, 5) is 15.2. The van der Waals surface area contributed by atoms with Gasteiger partial charge in [0.1, 0.15) is 5.76 Å². The number of carbonyl (C=O) groups excluding carboxylic acids is 1. The van der Waals surface area contributed by atoms with E-state index in [0.29, 0.717) is 25.2 Å². The summed E-state index contributed by atoms with van der Waals surface area (Å²) in [5.74, 6) is 0.765. The number of hydrogen-bond acceptors (Lipinski definition) is 4. The molecule has 1 aliphatic heterocycles. The molecule has 1 amide bonds. The average Bonchev–Trinajstić information content (AvgIpc) is 3.38. The van der Waals surface area contributed by atoms with Crippen molar-refractivity contribution in [2.24, 2.45) is 0 Å². The fraction of sp³-hybridized carbons (Fsp3) is 0.318. The second kappa shape index (κ2) is 8.12. The van der Waals surface area contributed by atoms with Crippen LogP contribution in [0.3, 0.4) is 0 Å². The maximum Gasteiger partial charge on any atom is 0.255 e. The van der Waals surface area contributed by atoms with Gasteiger partial charge in [-0.05, 0) is 44.2 Å². The van der Waals surface area contributed by atoms with E-state index in [1.165, 1.54) is 4.31 Å². The van der Waals surface area contributed by atoms with Gasteiger partial charge in [-0.15, -0.1) is 0 Å². The fourth-order valence-corrected chi connectivity index (χ4v) is 5.31. The van der Waals surface area contributed by atoms with Crippen molar-refractivity contribution < 1.29 is 17.6 Å². The maximum absolute atomic E-state index is 13.1. The molecule has 1 fully saturated rings. The molecule has 3 aromatic rings. The van der Waals surface area contributed by atoms with Gasteiger partial charge in [-0.3, -0.25) is 4.79 Å². The van der Waals surface area contributed by atoms with Crippen molar-refractivity contribution in [1.82, 2.24) is 13.8 Å². The number of benzene rings is 1. The Morgan fingerprint density at radius 1 is 1.00 bits per heavy atom. The molecule has 3 heterocycles. The second-order valence-electron chi connectivity index (χ2n) is 7.46. The number of amides is 1. The Labute approximate surface area is 176 Å². The first kappa shape index (κ1) is 20.4. The van der Waals surface area contributed by atoms with Crippen LogP contribution < -0.4 is 0 Å². The molecule has 0 aliphatic carbocycles. The summed E-state index contributed by atoms with van der Waals surface area (Å²) in [7, 11) is -3.53. The molecule has 0 atom stereocenters. The molecular weight excluding hydrogens is 402 g/mol. The second-order valence-corrected chi connectivity index (χ2v) is 9.40. The smallest absolute Gasteiger partial charge is 0.255 e. The lowest BCUT2D eigenvalue weighted by molar-refractivity contribution is 0.0697. The first-order valence-electron chi connectivity index (χ1n) is 9.91. The van der Waals surface area contributed by atoms with Gasteiger partial charge in [0.2, 0.25) is 10.0 Å². The van der Waals surface area contributed by atoms with Crippen molar-refractivity contribution in [2.75, 3.05) is 26.2 Å². The first-order chi connectivity index (χ1) is 14.4. The van der Waals surface area contributed by atoms with Crippen LogP contribution in [-0.2, 0) is 16.6 Å². The Balaban J connectivity index is 1.46. The van der Waals surface area contributed by atoms with Gasteiger partial charge in [0.25, 0.3) is 5.91 Å². The van der Waals surface area contributed by atoms with Crippen LogP contribution in [0.4, 0.5) is 0 Å². The zero-order chi connectivity index (χ0) is 21.3. The van der Waals surface area contributed by atoms with Crippen molar-refractivity contribution in [2.45, 2.75) is 25.3 Å². The van der Waals surface area contributed by atoms with Crippen molar-refractivity contribution in [1.29, 1.82) is 0 Å². The maximum atomic E-state index is 13.1. The number of hydrogen-bond donors (Lipinski definition) is 0.